The first-order valence-corrected chi connectivity index (χ1v) is 8.62. The van der Waals surface area contributed by atoms with E-state index in [0.29, 0.717) is 16.7 Å². The van der Waals surface area contributed by atoms with Gasteiger partial charge in [0.25, 0.3) is 5.91 Å². The molecule has 1 N–H and O–H groups in total. The molecule has 3 rings (SSSR count). The lowest BCUT2D eigenvalue weighted by atomic mass is 10.1. The van der Waals surface area contributed by atoms with Gasteiger partial charge in [-0.3, -0.25) is 4.79 Å². The maximum Gasteiger partial charge on any atom is 0.287 e. The van der Waals surface area contributed by atoms with Crippen LogP contribution < -0.4 is 5.32 Å². The van der Waals surface area contributed by atoms with E-state index in [-0.39, 0.29) is 22.4 Å². The van der Waals surface area contributed by atoms with E-state index in [1.165, 1.54) is 12.1 Å². The molecule has 1 aromatic heterocycles. The summed E-state index contributed by atoms with van der Waals surface area (Å²) in [4.78, 5) is 12.7. The standard InChI is InChI=1S/C19H16Cl2FNO3/c1-10(12-7-16(22)15(21)8-14(12)20)23-19(24)18-13(9-25-2)11-5-3-4-6-17(11)26-18/h3-8,10H,9H2,1-2H3,(H,23,24)/t10-/m0/s1. The van der Waals surface area contributed by atoms with Gasteiger partial charge in [0.1, 0.15) is 11.4 Å². The van der Waals surface area contributed by atoms with E-state index < -0.39 is 17.8 Å². The van der Waals surface area contributed by atoms with E-state index in [1.54, 1.807) is 20.1 Å². The first kappa shape index (κ1) is 18.7. The Labute approximate surface area is 159 Å². The second-order valence-corrected chi connectivity index (χ2v) is 6.64. The van der Waals surface area contributed by atoms with Gasteiger partial charge in [0.05, 0.1) is 17.7 Å². The fraction of sp³-hybridized carbons (Fsp3) is 0.211. The number of amides is 1. The van der Waals surface area contributed by atoms with Crippen LogP contribution in [0, 0.1) is 5.82 Å². The van der Waals surface area contributed by atoms with Gasteiger partial charge < -0.3 is 14.5 Å². The van der Waals surface area contributed by atoms with Crippen molar-refractivity contribution in [2.24, 2.45) is 0 Å². The highest BCUT2D eigenvalue weighted by atomic mass is 35.5. The summed E-state index contributed by atoms with van der Waals surface area (Å²) in [7, 11) is 1.54. The number of nitrogens with one attached hydrogen (secondary N) is 1. The monoisotopic (exact) mass is 395 g/mol. The Balaban J connectivity index is 1.92. The largest absolute Gasteiger partial charge is 0.451 e. The summed E-state index contributed by atoms with van der Waals surface area (Å²) >= 11 is 11.8. The summed E-state index contributed by atoms with van der Waals surface area (Å²) in [5, 5.41) is 3.78. The number of fused-ring (bicyclic) bond motifs is 1. The molecule has 0 bridgehead atoms. The Kier molecular flexibility index (Phi) is 5.51. The number of hydrogen-bond acceptors (Lipinski definition) is 3. The molecule has 1 heterocycles. The van der Waals surface area contributed by atoms with Crippen LogP contribution in [0.2, 0.25) is 10.0 Å². The van der Waals surface area contributed by atoms with E-state index in [0.717, 1.165) is 5.39 Å². The third-order valence-corrected chi connectivity index (χ3v) is 4.66. The van der Waals surface area contributed by atoms with Crippen LogP contribution in [0.1, 0.15) is 34.6 Å². The third-order valence-electron chi connectivity index (χ3n) is 4.05. The van der Waals surface area contributed by atoms with Crippen LogP contribution >= 0.6 is 23.2 Å². The summed E-state index contributed by atoms with van der Waals surface area (Å²) < 4.78 is 24.6. The van der Waals surface area contributed by atoms with Crippen molar-refractivity contribution in [1.82, 2.24) is 5.32 Å². The van der Waals surface area contributed by atoms with Crippen LogP contribution in [-0.2, 0) is 11.3 Å². The Morgan fingerprint density at radius 3 is 2.73 bits per heavy atom. The fourth-order valence-electron chi connectivity index (χ4n) is 2.78. The lowest BCUT2D eigenvalue weighted by Gasteiger charge is -2.16. The third kappa shape index (κ3) is 3.56. The minimum atomic E-state index is -0.601. The van der Waals surface area contributed by atoms with Crippen molar-refractivity contribution in [2.75, 3.05) is 7.11 Å². The second-order valence-electron chi connectivity index (χ2n) is 5.82. The number of halogens is 3. The lowest BCUT2D eigenvalue weighted by Crippen LogP contribution is -2.27. The second kappa shape index (κ2) is 7.66. The fourth-order valence-corrected chi connectivity index (χ4v) is 3.33. The van der Waals surface area contributed by atoms with Gasteiger partial charge in [-0.2, -0.15) is 0 Å². The Hall–Kier alpha value is -2.08. The van der Waals surface area contributed by atoms with Gasteiger partial charge in [-0.1, -0.05) is 41.4 Å². The van der Waals surface area contributed by atoms with Crippen LogP contribution in [-0.4, -0.2) is 13.0 Å². The highest BCUT2D eigenvalue weighted by Crippen LogP contribution is 2.30. The van der Waals surface area contributed by atoms with Crippen LogP contribution in [0.4, 0.5) is 4.39 Å². The molecule has 0 saturated heterocycles. The van der Waals surface area contributed by atoms with Crippen molar-refractivity contribution in [1.29, 1.82) is 0 Å². The molecule has 136 valence electrons. The number of methoxy groups -OCH3 is 1. The van der Waals surface area contributed by atoms with Crippen molar-refractivity contribution >= 4 is 40.1 Å². The van der Waals surface area contributed by atoms with E-state index >= 15 is 0 Å². The van der Waals surface area contributed by atoms with Gasteiger partial charge in [-0.25, -0.2) is 4.39 Å². The number of hydrogen-bond donors (Lipinski definition) is 1. The molecule has 0 fully saturated rings. The summed E-state index contributed by atoms with van der Waals surface area (Å²) in [6.07, 6.45) is 0. The Morgan fingerprint density at radius 1 is 1.27 bits per heavy atom. The number of carbonyl (C=O) groups excluding carboxylic acids is 1. The van der Waals surface area contributed by atoms with Crippen molar-refractivity contribution in [3.8, 4) is 0 Å². The van der Waals surface area contributed by atoms with Crippen LogP contribution in [0.15, 0.2) is 40.8 Å². The van der Waals surface area contributed by atoms with Crippen LogP contribution in [0.5, 0.6) is 0 Å². The van der Waals surface area contributed by atoms with Crippen molar-refractivity contribution < 1.29 is 18.3 Å². The van der Waals surface area contributed by atoms with E-state index in [4.69, 9.17) is 32.4 Å². The van der Waals surface area contributed by atoms with Crippen LogP contribution in [0.3, 0.4) is 0 Å². The van der Waals surface area contributed by atoms with E-state index in [9.17, 15) is 9.18 Å². The number of furan rings is 1. The quantitative estimate of drug-likeness (QED) is 0.578. The highest BCUT2D eigenvalue weighted by Gasteiger charge is 2.23. The number of carbonyl (C=O) groups is 1. The molecular formula is C19H16Cl2FNO3. The molecule has 4 nitrogen and oxygen atoms in total. The zero-order chi connectivity index (χ0) is 18.8. The maximum absolute atomic E-state index is 13.7. The molecule has 2 aromatic carbocycles. The number of benzene rings is 2. The van der Waals surface area contributed by atoms with Gasteiger partial charge in [-0.15, -0.1) is 0 Å². The van der Waals surface area contributed by atoms with Crippen molar-refractivity contribution in [3.05, 3.63) is 69.1 Å². The first-order chi connectivity index (χ1) is 12.4. The molecule has 0 saturated carbocycles. The molecule has 1 atom stereocenters. The summed E-state index contributed by atoms with van der Waals surface area (Å²) in [5.74, 6) is -0.881. The van der Waals surface area contributed by atoms with Gasteiger partial charge in [0.2, 0.25) is 0 Å². The summed E-state index contributed by atoms with van der Waals surface area (Å²) in [6.45, 7) is 1.93. The lowest BCUT2D eigenvalue weighted by molar-refractivity contribution is 0.0907. The molecule has 0 aliphatic heterocycles. The Morgan fingerprint density at radius 2 is 2.00 bits per heavy atom. The van der Waals surface area contributed by atoms with Crippen LogP contribution in [0.25, 0.3) is 11.0 Å². The zero-order valence-electron chi connectivity index (χ0n) is 14.1. The minimum Gasteiger partial charge on any atom is -0.451 e. The summed E-state index contributed by atoms with van der Waals surface area (Å²) in [5.41, 5.74) is 1.67. The molecule has 0 aliphatic carbocycles. The van der Waals surface area contributed by atoms with E-state index in [1.807, 2.05) is 18.2 Å². The smallest absolute Gasteiger partial charge is 0.287 e. The number of ether oxygens (including phenoxy) is 1. The predicted molar refractivity (Wildman–Crippen MR) is 99.2 cm³/mol. The van der Waals surface area contributed by atoms with Crippen molar-refractivity contribution in [2.45, 2.75) is 19.6 Å². The maximum atomic E-state index is 13.7. The first-order valence-electron chi connectivity index (χ1n) is 7.87. The van der Waals surface area contributed by atoms with Gasteiger partial charge in [0, 0.05) is 23.1 Å². The summed E-state index contributed by atoms with van der Waals surface area (Å²) in [6, 6.07) is 9.29. The van der Waals surface area contributed by atoms with Gasteiger partial charge >= 0.3 is 0 Å². The molecule has 0 spiro atoms. The van der Waals surface area contributed by atoms with Crippen molar-refractivity contribution in [3.63, 3.8) is 0 Å². The Bertz CT molecular complexity index is 971. The molecule has 7 heteroatoms. The average molecular weight is 396 g/mol. The minimum absolute atomic E-state index is 0.0723. The SMILES string of the molecule is COCc1c(C(=O)N[C@@H](C)c2cc(F)c(Cl)cc2Cl)oc2ccccc12. The molecule has 0 radical (unpaired) electrons. The zero-order valence-corrected chi connectivity index (χ0v) is 15.6. The average Bonchev–Trinajstić information content (AvgIpc) is 2.97. The van der Waals surface area contributed by atoms with Gasteiger partial charge in [0.15, 0.2) is 5.76 Å². The van der Waals surface area contributed by atoms with E-state index in [2.05, 4.69) is 5.32 Å². The molecule has 1 amide bonds. The topological polar surface area (TPSA) is 51.5 Å². The molecule has 3 aromatic rings. The molecular weight excluding hydrogens is 380 g/mol. The highest BCUT2D eigenvalue weighted by molar-refractivity contribution is 6.35. The normalized spacial score (nSPS) is 12.3. The van der Waals surface area contributed by atoms with Gasteiger partial charge in [-0.05, 0) is 30.7 Å². The number of rotatable bonds is 5. The predicted octanol–water partition coefficient (Wildman–Crippen LogP) is 5.52. The molecule has 26 heavy (non-hydrogen) atoms. The molecule has 0 unspecified atom stereocenters. The molecule has 0 aliphatic rings. The number of para-hydroxylation sites is 1.